The predicted molar refractivity (Wildman–Crippen MR) is 118 cm³/mol. The van der Waals surface area contributed by atoms with Crippen molar-refractivity contribution in [2.24, 2.45) is 0 Å². The van der Waals surface area contributed by atoms with E-state index < -0.39 is 17.4 Å². The maximum atomic E-state index is 12.9. The highest BCUT2D eigenvalue weighted by Crippen LogP contribution is 2.31. The first-order valence-electron chi connectivity index (χ1n) is 9.70. The summed E-state index contributed by atoms with van der Waals surface area (Å²) in [4.78, 5) is 28.5. The summed E-state index contributed by atoms with van der Waals surface area (Å²) in [5.41, 5.74) is -0.511. The van der Waals surface area contributed by atoms with E-state index in [0.29, 0.717) is 28.8 Å². The fourth-order valence-electron chi connectivity index (χ4n) is 2.92. The highest BCUT2D eigenvalue weighted by molar-refractivity contribution is 6.31. The molecule has 3 rings (SSSR count). The van der Waals surface area contributed by atoms with Crippen LogP contribution < -0.4 is 14.8 Å². The summed E-state index contributed by atoms with van der Waals surface area (Å²) in [7, 11) is 0. The number of carboxylic acids is 1. The Morgan fingerprint density at radius 2 is 1.90 bits per heavy atom. The topological polar surface area (TPSA) is 97.8 Å². The first-order chi connectivity index (χ1) is 14.7. The molecule has 0 aliphatic rings. The van der Waals surface area contributed by atoms with Crippen molar-refractivity contribution in [3.05, 3.63) is 64.8 Å². The van der Waals surface area contributed by atoms with Gasteiger partial charge in [-0.3, -0.25) is 4.79 Å². The molecule has 0 radical (unpaired) electrons. The molecule has 162 valence electrons. The van der Waals surface area contributed by atoms with Gasteiger partial charge in [0.2, 0.25) is 5.88 Å². The Morgan fingerprint density at radius 1 is 1.16 bits per heavy atom. The van der Waals surface area contributed by atoms with Gasteiger partial charge < -0.3 is 19.9 Å². The molecule has 1 heterocycles. The zero-order chi connectivity index (χ0) is 22.6. The van der Waals surface area contributed by atoms with Crippen LogP contribution in [0, 0.1) is 0 Å². The highest BCUT2D eigenvalue weighted by atomic mass is 35.5. The largest absolute Gasteiger partial charge is 0.487 e. The molecule has 2 N–H and O–H groups in total. The van der Waals surface area contributed by atoms with Crippen LogP contribution in [0.3, 0.4) is 0 Å². The van der Waals surface area contributed by atoms with E-state index in [1.54, 1.807) is 24.4 Å². The van der Waals surface area contributed by atoms with Crippen molar-refractivity contribution in [2.75, 3.05) is 6.61 Å². The minimum Gasteiger partial charge on any atom is -0.487 e. The first-order valence-corrected chi connectivity index (χ1v) is 10.1. The van der Waals surface area contributed by atoms with Gasteiger partial charge in [-0.1, -0.05) is 41.9 Å². The Balaban J connectivity index is 1.94. The molecule has 0 saturated heterocycles. The van der Waals surface area contributed by atoms with Gasteiger partial charge >= 0.3 is 5.97 Å². The molecular weight excluding hydrogens is 420 g/mol. The molecule has 1 aromatic heterocycles. The molecule has 2 aromatic carbocycles. The van der Waals surface area contributed by atoms with Crippen LogP contribution in [0.5, 0.6) is 11.6 Å². The normalized spacial score (nSPS) is 11.2. The van der Waals surface area contributed by atoms with Crippen LogP contribution in [0.15, 0.2) is 48.7 Å². The molecule has 0 fully saturated rings. The van der Waals surface area contributed by atoms with Crippen LogP contribution in [0.25, 0.3) is 10.8 Å². The molecule has 0 unspecified atom stereocenters. The number of aliphatic carboxylic acids is 1. The van der Waals surface area contributed by atoms with E-state index in [1.807, 2.05) is 31.2 Å². The Hall–Kier alpha value is -3.32. The number of carbonyl (C=O) groups is 2. The summed E-state index contributed by atoms with van der Waals surface area (Å²) in [5.74, 6) is -0.994. The van der Waals surface area contributed by atoms with E-state index in [-0.39, 0.29) is 12.2 Å². The second kappa shape index (κ2) is 9.22. The standard InChI is InChI=1S/C23H23ClN2O5/c1-4-30-21-18(24)11-14(12-25-21)13-31-19-16-8-6-5-7-15(16)9-10-17(19)20(27)26-23(2,3)22(28)29/h5-12H,4,13H2,1-3H3,(H,26,27)(H,28,29). The van der Waals surface area contributed by atoms with Crippen molar-refractivity contribution in [2.45, 2.75) is 32.9 Å². The fourth-order valence-corrected chi connectivity index (χ4v) is 3.17. The molecule has 0 aliphatic carbocycles. The number of amides is 1. The molecule has 0 saturated carbocycles. The second-order valence-corrected chi connectivity index (χ2v) is 7.81. The van der Waals surface area contributed by atoms with Crippen molar-refractivity contribution < 1.29 is 24.2 Å². The van der Waals surface area contributed by atoms with Gasteiger partial charge in [-0.25, -0.2) is 9.78 Å². The van der Waals surface area contributed by atoms with E-state index in [0.717, 1.165) is 10.8 Å². The van der Waals surface area contributed by atoms with Crippen LogP contribution in [0.1, 0.15) is 36.7 Å². The summed E-state index contributed by atoms with van der Waals surface area (Å²) in [6, 6.07) is 12.6. The number of nitrogens with one attached hydrogen (secondary N) is 1. The average molecular weight is 443 g/mol. The van der Waals surface area contributed by atoms with Gasteiger partial charge in [0.1, 0.15) is 22.9 Å². The van der Waals surface area contributed by atoms with Gasteiger partial charge in [-0.05, 0) is 38.3 Å². The lowest BCUT2D eigenvalue weighted by Crippen LogP contribution is -2.49. The number of rotatable bonds is 8. The summed E-state index contributed by atoms with van der Waals surface area (Å²) in [6.45, 7) is 5.23. The summed E-state index contributed by atoms with van der Waals surface area (Å²) in [6.07, 6.45) is 1.59. The minimum atomic E-state index is -1.44. The number of nitrogens with zero attached hydrogens (tertiary/aromatic N) is 1. The number of pyridine rings is 1. The quantitative estimate of drug-likeness (QED) is 0.534. The zero-order valence-corrected chi connectivity index (χ0v) is 18.2. The molecule has 0 atom stereocenters. The third kappa shape index (κ3) is 5.06. The molecule has 0 aliphatic heterocycles. The van der Waals surface area contributed by atoms with E-state index in [1.165, 1.54) is 13.8 Å². The Morgan fingerprint density at radius 3 is 2.58 bits per heavy atom. The molecule has 1 amide bonds. The average Bonchev–Trinajstić information content (AvgIpc) is 2.73. The molecule has 31 heavy (non-hydrogen) atoms. The lowest BCUT2D eigenvalue weighted by atomic mass is 10.0. The maximum absolute atomic E-state index is 12.9. The molecule has 0 bridgehead atoms. The molecule has 0 spiro atoms. The summed E-state index contributed by atoms with van der Waals surface area (Å²) < 4.78 is 11.4. The number of carboxylic acid groups (broad SMARTS) is 1. The number of fused-ring (bicyclic) bond motifs is 1. The Bertz CT molecular complexity index is 1130. The third-order valence-corrected chi connectivity index (χ3v) is 4.88. The lowest BCUT2D eigenvalue weighted by Gasteiger charge is -2.22. The van der Waals surface area contributed by atoms with E-state index in [4.69, 9.17) is 21.1 Å². The summed E-state index contributed by atoms with van der Waals surface area (Å²) in [5, 5.41) is 13.9. The Kier molecular flexibility index (Phi) is 6.65. The zero-order valence-electron chi connectivity index (χ0n) is 17.4. The van der Waals surface area contributed by atoms with Crippen LogP contribution in [0.2, 0.25) is 5.02 Å². The smallest absolute Gasteiger partial charge is 0.328 e. The van der Waals surface area contributed by atoms with Crippen molar-refractivity contribution in [3.63, 3.8) is 0 Å². The number of benzene rings is 2. The van der Waals surface area contributed by atoms with E-state index in [2.05, 4.69) is 10.3 Å². The van der Waals surface area contributed by atoms with Crippen molar-refractivity contribution in [1.82, 2.24) is 10.3 Å². The minimum absolute atomic E-state index is 0.107. The number of aromatic nitrogens is 1. The maximum Gasteiger partial charge on any atom is 0.328 e. The van der Waals surface area contributed by atoms with Gasteiger partial charge in [0.05, 0.1) is 12.2 Å². The van der Waals surface area contributed by atoms with E-state index >= 15 is 0 Å². The number of carbonyl (C=O) groups excluding carboxylic acids is 1. The van der Waals surface area contributed by atoms with Crippen molar-refractivity contribution in [1.29, 1.82) is 0 Å². The third-order valence-electron chi connectivity index (χ3n) is 4.61. The summed E-state index contributed by atoms with van der Waals surface area (Å²) >= 11 is 6.21. The van der Waals surface area contributed by atoms with Gasteiger partial charge in [-0.2, -0.15) is 0 Å². The molecule has 3 aromatic rings. The number of halogens is 1. The highest BCUT2D eigenvalue weighted by Gasteiger charge is 2.30. The van der Waals surface area contributed by atoms with Crippen LogP contribution >= 0.6 is 11.6 Å². The predicted octanol–water partition coefficient (Wildman–Crippen LogP) is 4.46. The lowest BCUT2D eigenvalue weighted by molar-refractivity contribution is -0.143. The fraction of sp³-hybridized carbons (Fsp3) is 0.261. The second-order valence-electron chi connectivity index (χ2n) is 7.40. The van der Waals surface area contributed by atoms with Gasteiger partial charge in [0.15, 0.2) is 0 Å². The number of hydrogen-bond acceptors (Lipinski definition) is 5. The SMILES string of the molecule is CCOc1ncc(COc2c(C(=O)NC(C)(C)C(=O)O)ccc3ccccc23)cc1Cl. The van der Waals surface area contributed by atoms with Gasteiger partial charge in [0.25, 0.3) is 5.91 Å². The van der Waals surface area contributed by atoms with Crippen LogP contribution in [-0.2, 0) is 11.4 Å². The molecule has 7 nitrogen and oxygen atoms in total. The van der Waals surface area contributed by atoms with Crippen LogP contribution in [0.4, 0.5) is 0 Å². The van der Waals surface area contributed by atoms with Crippen LogP contribution in [-0.4, -0.2) is 34.1 Å². The monoisotopic (exact) mass is 442 g/mol. The van der Waals surface area contributed by atoms with Crippen molar-refractivity contribution in [3.8, 4) is 11.6 Å². The number of hydrogen-bond donors (Lipinski definition) is 2. The molecular formula is C23H23ClN2O5. The first kappa shape index (κ1) is 22.4. The van der Waals surface area contributed by atoms with Gasteiger partial charge in [0, 0.05) is 17.1 Å². The Labute approximate surface area is 185 Å². The van der Waals surface area contributed by atoms with Crippen molar-refractivity contribution >= 4 is 34.2 Å². The molecule has 8 heteroatoms. The van der Waals surface area contributed by atoms with Gasteiger partial charge in [-0.15, -0.1) is 0 Å². The number of ether oxygens (including phenoxy) is 2. The van der Waals surface area contributed by atoms with E-state index in [9.17, 15) is 14.7 Å².